The van der Waals surface area contributed by atoms with Crippen molar-refractivity contribution in [1.82, 2.24) is 19.7 Å². The van der Waals surface area contributed by atoms with Gasteiger partial charge in [-0.15, -0.1) is 21.5 Å². The number of halogens is 3. The van der Waals surface area contributed by atoms with Gasteiger partial charge in [0.05, 0.1) is 24.1 Å². The van der Waals surface area contributed by atoms with E-state index in [1.54, 1.807) is 12.3 Å². The highest BCUT2D eigenvalue weighted by molar-refractivity contribution is 7.98. The number of hydrogen-bond acceptors (Lipinski definition) is 7. The molecule has 4 aromatic rings. The molecule has 1 amide bonds. The molecule has 0 aliphatic carbocycles. The van der Waals surface area contributed by atoms with E-state index >= 15 is 0 Å². The normalized spacial score (nSPS) is 11.7. The molecule has 0 aliphatic heterocycles. The Morgan fingerprint density at radius 1 is 1.18 bits per heavy atom. The van der Waals surface area contributed by atoms with Crippen LogP contribution in [0.3, 0.4) is 0 Å². The summed E-state index contributed by atoms with van der Waals surface area (Å²) in [5.41, 5.74) is 5.97. The third kappa shape index (κ3) is 5.82. The summed E-state index contributed by atoms with van der Waals surface area (Å²) in [7, 11) is 0. The van der Waals surface area contributed by atoms with E-state index in [2.05, 4.69) is 15.2 Å². The molecule has 7 nitrogen and oxygen atoms in total. The highest BCUT2D eigenvalue weighted by Gasteiger charge is 2.30. The number of nitrogens with two attached hydrogens (primary N) is 1. The van der Waals surface area contributed by atoms with Crippen molar-refractivity contribution in [2.24, 2.45) is 5.73 Å². The zero-order valence-corrected chi connectivity index (χ0v) is 18.7. The summed E-state index contributed by atoms with van der Waals surface area (Å²) in [5.74, 6) is 1.41. The largest absolute Gasteiger partial charge is 0.467 e. The molecule has 3 aromatic heterocycles. The number of carbonyl (C=O) groups excluding carboxylic acids is 1. The van der Waals surface area contributed by atoms with E-state index in [-0.39, 0.29) is 6.42 Å². The zero-order chi connectivity index (χ0) is 23.4. The third-order valence-corrected chi connectivity index (χ3v) is 6.58. The number of nitrogens with zero attached hydrogens (tertiary/aromatic N) is 4. The number of hydrogen-bond donors (Lipinski definition) is 1. The van der Waals surface area contributed by atoms with Gasteiger partial charge >= 0.3 is 6.18 Å². The van der Waals surface area contributed by atoms with Gasteiger partial charge in [-0.05, 0) is 24.3 Å². The lowest BCUT2D eigenvalue weighted by molar-refractivity contribution is -0.137. The number of furan rings is 1. The monoisotopic (exact) mass is 493 g/mol. The lowest BCUT2D eigenvalue weighted by Gasteiger charge is -2.08. The van der Waals surface area contributed by atoms with Crippen molar-refractivity contribution in [1.29, 1.82) is 0 Å². The van der Waals surface area contributed by atoms with Crippen molar-refractivity contribution < 1.29 is 22.4 Å². The van der Waals surface area contributed by atoms with Gasteiger partial charge in [-0.2, -0.15) is 13.2 Å². The Labute approximate surface area is 194 Å². The highest BCUT2D eigenvalue weighted by atomic mass is 32.2. The minimum atomic E-state index is -4.37. The Balaban J connectivity index is 1.47. The molecule has 0 radical (unpaired) electrons. The first-order valence-corrected chi connectivity index (χ1v) is 11.6. The Kier molecular flexibility index (Phi) is 6.84. The minimum absolute atomic E-state index is 0.156. The second kappa shape index (κ2) is 9.79. The van der Waals surface area contributed by atoms with Crippen molar-refractivity contribution in [2.45, 2.75) is 36.5 Å². The van der Waals surface area contributed by atoms with Gasteiger partial charge in [0.1, 0.15) is 16.6 Å². The van der Waals surface area contributed by atoms with E-state index in [1.807, 2.05) is 16.0 Å². The number of amides is 1. The predicted octanol–water partition coefficient (Wildman–Crippen LogP) is 4.77. The van der Waals surface area contributed by atoms with Crippen LogP contribution in [0, 0.1) is 0 Å². The molecule has 0 saturated carbocycles. The van der Waals surface area contributed by atoms with E-state index in [0.29, 0.717) is 40.3 Å². The molecule has 3 heterocycles. The fourth-order valence-corrected chi connectivity index (χ4v) is 4.79. The quantitative estimate of drug-likeness (QED) is 0.337. The number of rotatable bonds is 9. The van der Waals surface area contributed by atoms with Crippen LogP contribution < -0.4 is 5.73 Å². The van der Waals surface area contributed by atoms with Crippen LogP contribution in [-0.4, -0.2) is 25.7 Å². The highest BCUT2D eigenvalue weighted by Crippen LogP contribution is 2.32. The number of thioether (sulfide) groups is 1. The van der Waals surface area contributed by atoms with Crippen molar-refractivity contribution in [3.63, 3.8) is 0 Å². The van der Waals surface area contributed by atoms with Crippen LogP contribution in [-0.2, 0) is 29.7 Å². The summed E-state index contributed by atoms with van der Waals surface area (Å²) in [5, 5.41) is 11.6. The minimum Gasteiger partial charge on any atom is -0.467 e. The molecule has 33 heavy (non-hydrogen) atoms. The maximum Gasteiger partial charge on any atom is 0.416 e. The van der Waals surface area contributed by atoms with Crippen molar-refractivity contribution in [3.05, 3.63) is 70.9 Å². The van der Waals surface area contributed by atoms with Crippen LogP contribution in [0.5, 0.6) is 0 Å². The zero-order valence-electron chi connectivity index (χ0n) is 17.1. The van der Waals surface area contributed by atoms with Crippen molar-refractivity contribution in [3.8, 4) is 10.6 Å². The number of alkyl halides is 3. The van der Waals surface area contributed by atoms with E-state index in [4.69, 9.17) is 10.2 Å². The summed E-state index contributed by atoms with van der Waals surface area (Å²) in [6.07, 6.45) is -2.28. The molecule has 0 spiro atoms. The van der Waals surface area contributed by atoms with E-state index in [1.165, 1.54) is 35.2 Å². The first-order valence-electron chi connectivity index (χ1n) is 9.77. The van der Waals surface area contributed by atoms with Crippen LogP contribution in [0.4, 0.5) is 13.2 Å². The Morgan fingerprint density at radius 2 is 1.97 bits per heavy atom. The first-order chi connectivity index (χ1) is 15.8. The molecule has 0 aliphatic rings. The molecule has 0 fully saturated rings. The maximum absolute atomic E-state index is 12.8. The lowest BCUT2D eigenvalue weighted by Crippen LogP contribution is -2.14. The maximum atomic E-state index is 12.8. The average molecular weight is 494 g/mol. The molecule has 4 rings (SSSR count). The summed E-state index contributed by atoms with van der Waals surface area (Å²) < 4.78 is 45.6. The molecular weight excluding hydrogens is 475 g/mol. The Morgan fingerprint density at radius 3 is 2.64 bits per heavy atom. The standard InChI is InChI=1S/C21H18F3N5O2S2/c22-21(23,24)14-5-3-13(4-6-14)19-26-15(11-32-19)12-33-20-28-27-18(8-7-17(25)30)29(20)10-16-2-1-9-31-16/h1-6,9,11H,7-8,10,12H2,(H2,25,30). The fraction of sp³-hybridized carbons (Fsp3) is 0.238. The molecular formula is C21H18F3N5O2S2. The number of carbonyl (C=O) groups is 1. The second-order valence-corrected chi connectivity index (χ2v) is 8.84. The van der Waals surface area contributed by atoms with Gasteiger partial charge in [-0.3, -0.25) is 9.36 Å². The summed E-state index contributed by atoms with van der Waals surface area (Å²) in [4.78, 5) is 15.7. The topological polar surface area (TPSA) is 99.8 Å². The number of aromatic nitrogens is 4. The molecule has 12 heteroatoms. The van der Waals surface area contributed by atoms with Crippen LogP contribution in [0.1, 0.15) is 29.3 Å². The van der Waals surface area contributed by atoms with Crippen LogP contribution >= 0.6 is 23.1 Å². The number of aryl methyl sites for hydroxylation is 1. The van der Waals surface area contributed by atoms with Crippen LogP contribution in [0.15, 0.2) is 57.6 Å². The molecule has 0 unspecified atom stereocenters. The van der Waals surface area contributed by atoms with Crippen LogP contribution in [0.25, 0.3) is 10.6 Å². The lowest BCUT2D eigenvalue weighted by atomic mass is 10.1. The molecule has 0 atom stereocenters. The van der Waals surface area contributed by atoms with Gasteiger partial charge in [0.2, 0.25) is 5.91 Å². The van der Waals surface area contributed by atoms with Crippen LogP contribution in [0.2, 0.25) is 0 Å². The van der Waals surface area contributed by atoms with E-state index < -0.39 is 17.6 Å². The number of primary amides is 1. The summed E-state index contributed by atoms with van der Waals surface area (Å²) >= 11 is 2.78. The van der Waals surface area contributed by atoms with E-state index in [0.717, 1.165) is 23.6 Å². The number of thiazole rings is 1. The molecule has 0 saturated heterocycles. The fourth-order valence-electron chi connectivity index (χ4n) is 3.01. The Bertz CT molecular complexity index is 1220. The van der Waals surface area contributed by atoms with Gasteiger partial charge in [-0.25, -0.2) is 4.98 Å². The molecule has 0 bridgehead atoms. The van der Waals surface area contributed by atoms with E-state index in [9.17, 15) is 18.0 Å². The predicted molar refractivity (Wildman–Crippen MR) is 117 cm³/mol. The third-order valence-electron chi connectivity index (χ3n) is 4.64. The van der Waals surface area contributed by atoms with Gasteiger partial charge < -0.3 is 10.2 Å². The summed E-state index contributed by atoms with van der Waals surface area (Å²) in [6.45, 7) is 0.407. The second-order valence-electron chi connectivity index (χ2n) is 7.04. The first kappa shape index (κ1) is 23.1. The molecule has 172 valence electrons. The smallest absolute Gasteiger partial charge is 0.416 e. The van der Waals surface area contributed by atoms with Crippen molar-refractivity contribution in [2.75, 3.05) is 0 Å². The summed E-state index contributed by atoms with van der Waals surface area (Å²) in [6, 6.07) is 8.57. The van der Waals surface area contributed by atoms with Gasteiger partial charge in [0, 0.05) is 29.5 Å². The van der Waals surface area contributed by atoms with Gasteiger partial charge in [0.15, 0.2) is 5.16 Å². The average Bonchev–Trinajstić information content (AvgIpc) is 3.53. The van der Waals surface area contributed by atoms with Gasteiger partial charge in [0.25, 0.3) is 0 Å². The Hall–Kier alpha value is -3.12. The van der Waals surface area contributed by atoms with Gasteiger partial charge in [-0.1, -0.05) is 23.9 Å². The molecule has 2 N–H and O–H groups in total. The SMILES string of the molecule is NC(=O)CCc1nnc(SCc2csc(-c3ccc(C(F)(F)F)cc3)n2)n1Cc1ccco1. The number of benzene rings is 1. The molecule has 1 aromatic carbocycles. The van der Waals surface area contributed by atoms with Crippen molar-refractivity contribution >= 4 is 29.0 Å².